The molecule has 0 aliphatic heterocycles. The first-order valence-electron chi connectivity index (χ1n) is 7.41. The highest BCUT2D eigenvalue weighted by molar-refractivity contribution is 5.90. The van der Waals surface area contributed by atoms with Crippen LogP contribution < -0.4 is 15.7 Å². The number of nitrogens with one attached hydrogen (secondary N) is 3. The van der Waals surface area contributed by atoms with Crippen molar-refractivity contribution in [2.45, 2.75) is 13.0 Å². The minimum absolute atomic E-state index is 0.0618. The zero-order valence-electron chi connectivity index (χ0n) is 12.9. The molecule has 2 aromatic carbocycles. The number of carbonyl (C=O) groups excluding carboxylic acids is 1. The van der Waals surface area contributed by atoms with E-state index in [1.807, 2.05) is 61.5 Å². The van der Waals surface area contributed by atoms with Gasteiger partial charge in [-0.3, -0.25) is 9.78 Å². The first kappa shape index (κ1) is 15.5. The Kier molecular flexibility index (Phi) is 4.42. The molecule has 3 aromatic rings. The molecule has 0 saturated heterocycles. The summed E-state index contributed by atoms with van der Waals surface area (Å²) in [6, 6.07) is 16.5. The number of rotatable bonds is 5. The molecule has 1 atom stereocenters. The zero-order chi connectivity index (χ0) is 16.9. The van der Waals surface area contributed by atoms with E-state index >= 15 is 0 Å². The van der Waals surface area contributed by atoms with Gasteiger partial charge in [0.05, 0.1) is 6.04 Å². The Morgan fingerprint density at radius 3 is 2.54 bits per heavy atom. The molecule has 0 aliphatic carbocycles. The molecule has 122 valence electrons. The average Bonchev–Trinajstić information content (AvgIpc) is 3.03. The molecular formula is C17H16N4O3. The Balaban J connectivity index is 1.78. The second kappa shape index (κ2) is 6.82. The largest absolute Gasteiger partial charge is 0.457 e. The predicted octanol–water partition coefficient (Wildman–Crippen LogP) is 2.38. The number of carbonyl (C=O) groups is 1. The van der Waals surface area contributed by atoms with Crippen molar-refractivity contribution in [2.75, 3.05) is 0 Å². The van der Waals surface area contributed by atoms with Crippen LogP contribution in [0.4, 0.5) is 0 Å². The van der Waals surface area contributed by atoms with Crippen LogP contribution in [0.25, 0.3) is 0 Å². The Morgan fingerprint density at radius 2 is 1.83 bits per heavy atom. The minimum atomic E-state index is -0.527. The van der Waals surface area contributed by atoms with Crippen LogP contribution in [-0.2, 0) is 0 Å². The van der Waals surface area contributed by atoms with Gasteiger partial charge in [0.25, 0.3) is 5.91 Å². The van der Waals surface area contributed by atoms with Crippen LogP contribution in [0.2, 0.25) is 0 Å². The molecule has 0 saturated carbocycles. The van der Waals surface area contributed by atoms with Crippen molar-refractivity contribution in [3.63, 3.8) is 0 Å². The molecule has 7 heteroatoms. The van der Waals surface area contributed by atoms with Crippen LogP contribution in [0.15, 0.2) is 59.4 Å². The van der Waals surface area contributed by atoms with Crippen LogP contribution in [0.1, 0.15) is 29.1 Å². The summed E-state index contributed by atoms with van der Waals surface area (Å²) in [5.74, 6) is 0.816. The standard InChI is InChI=1S/C17H16N4O3/c1-11(18-16(22)15-19-17(23)21-20-15)13-9-5-6-10-14(13)24-12-7-3-2-4-8-12/h2-11H,1H3,(H,18,22)(H2,19,20,21,23)/t11-/m1/s1. The number of aromatic nitrogens is 3. The Morgan fingerprint density at radius 1 is 1.12 bits per heavy atom. The topological polar surface area (TPSA) is 99.9 Å². The maximum atomic E-state index is 12.1. The molecular weight excluding hydrogens is 308 g/mol. The number of hydrogen-bond acceptors (Lipinski definition) is 4. The summed E-state index contributed by atoms with van der Waals surface area (Å²) in [4.78, 5) is 25.5. The Labute approximate surface area is 137 Å². The molecule has 3 rings (SSSR count). The summed E-state index contributed by atoms with van der Waals surface area (Å²) in [6.45, 7) is 1.83. The molecule has 0 unspecified atom stereocenters. The molecule has 1 aromatic heterocycles. The number of para-hydroxylation sites is 2. The molecule has 3 N–H and O–H groups in total. The zero-order valence-corrected chi connectivity index (χ0v) is 12.9. The summed E-state index contributed by atoms with van der Waals surface area (Å²) in [5.41, 5.74) is 0.285. The molecule has 0 radical (unpaired) electrons. The van der Waals surface area contributed by atoms with Crippen molar-refractivity contribution < 1.29 is 9.53 Å². The summed E-state index contributed by atoms with van der Waals surface area (Å²) in [6.07, 6.45) is 0. The molecule has 1 amide bonds. The fourth-order valence-corrected chi connectivity index (χ4v) is 2.27. The van der Waals surface area contributed by atoms with Crippen molar-refractivity contribution in [2.24, 2.45) is 0 Å². The lowest BCUT2D eigenvalue weighted by atomic mass is 10.1. The average molecular weight is 324 g/mol. The Hall–Kier alpha value is -3.35. The normalized spacial score (nSPS) is 11.7. The lowest BCUT2D eigenvalue weighted by Crippen LogP contribution is -2.28. The van der Waals surface area contributed by atoms with Gasteiger partial charge in [-0.15, -0.1) is 5.10 Å². The van der Waals surface area contributed by atoms with Crippen molar-refractivity contribution in [1.29, 1.82) is 0 Å². The highest BCUT2D eigenvalue weighted by atomic mass is 16.5. The van der Waals surface area contributed by atoms with E-state index in [1.165, 1.54) is 0 Å². The highest BCUT2D eigenvalue weighted by Gasteiger charge is 2.17. The molecule has 0 spiro atoms. The van der Waals surface area contributed by atoms with E-state index in [0.29, 0.717) is 11.5 Å². The van der Waals surface area contributed by atoms with Gasteiger partial charge >= 0.3 is 5.69 Å². The highest BCUT2D eigenvalue weighted by Crippen LogP contribution is 2.29. The van der Waals surface area contributed by atoms with E-state index in [1.54, 1.807) is 0 Å². The number of benzene rings is 2. The number of nitrogens with zero attached hydrogens (tertiary/aromatic N) is 1. The molecule has 0 aliphatic rings. The van der Waals surface area contributed by atoms with Gasteiger partial charge < -0.3 is 10.1 Å². The van der Waals surface area contributed by atoms with E-state index < -0.39 is 11.6 Å². The van der Waals surface area contributed by atoms with Gasteiger partial charge in [0.15, 0.2) is 0 Å². The van der Waals surface area contributed by atoms with Crippen molar-refractivity contribution in [1.82, 2.24) is 20.5 Å². The van der Waals surface area contributed by atoms with E-state index in [2.05, 4.69) is 20.5 Å². The van der Waals surface area contributed by atoms with Crippen LogP contribution in [0.5, 0.6) is 11.5 Å². The van der Waals surface area contributed by atoms with Crippen molar-refractivity contribution in [3.8, 4) is 11.5 Å². The van der Waals surface area contributed by atoms with E-state index in [-0.39, 0.29) is 11.9 Å². The number of H-pyrrole nitrogens is 2. The van der Waals surface area contributed by atoms with Gasteiger partial charge in [0.1, 0.15) is 11.5 Å². The van der Waals surface area contributed by atoms with Crippen LogP contribution in [0.3, 0.4) is 0 Å². The molecule has 0 bridgehead atoms. The van der Waals surface area contributed by atoms with Gasteiger partial charge in [-0.05, 0) is 25.1 Å². The van der Waals surface area contributed by atoms with Gasteiger partial charge in [-0.1, -0.05) is 36.4 Å². The third-order valence-electron chi connectivity index (χ3n) is 3.42. The lowest BCUT2D eigenvalue weighted by Gasteiger charge is -2.17. The van der Waals surface area contributed by atoms with Gasteiger partial charge in [-0.25, -0.2) is 9.89 Å². The number of aromatic amines is 2. The second-order valence-electron chi connectivity index (χ2n) is 5.17. The molecule has 1 heterocycles. The van der Waals surface area contributed by atoms with Gasteiger partial charge in [0.2, 0.25) is 5.82 Å². The first-order valence-corrected chi connectivity index (χ1v) is 7.41. The summed E-state index contributed by atoms with van der Waals surface area (Å²) >= 11 is 0. The maximum absolute atomic E-state index is 12.1. The molecule has 24 heavy (non-hydrogen) atoms. The quantitative estimate of drug-likeness (QED) is 0.671. The minimum Gasteiger partial charge on any atom is -0.457 e. The third-order valence-corrected chi connectivity index (χ3v) is 3.42. The second-order valence-corrected chi connectivity index (χ2v) is 5.17. The van der Waals surface area contributed by atoms with E-state index in [0.717, 1.165) is 5.56 Å². The SMILES string of the molecule is C[C@@H](NC(=O)c1n[nH]c(=O)[nH]1)c1ccccc1Oc1ccccc1. The smallest absolute Gasteiger partial charge is 0.341 e. The van der Waals surface area contributed by atoms with Gasteiger partial charge in [-0.2, -0.15) is 0 Å². The van der Waals surface area contributed by atoms with E-state index in [9.17, 15) is 9.59 Å². The molecule has 0 fully saturated rings. The predicted molar refractivity (Wildman–Crippen MR) is 88.0 cm³/mol. The van der Waals surface area contributed by atoms with E-state index in [4.69, 9.17) is 4.74 Å². The summed E-state index contributed by atoms with van der Waals surface area (Å²) < 4.78 is 5.89. The fourth-order valence-electron chi connectivity index (χ4n) is 2.27. The number of amides is 1. The monoisotopic (exact) mass is 324 g/mol. The third kappa shape index (κ3) is 3.52. The van der Waals surface area contributed by atoms with Crippen LogP contribution >= 0.6 is 0 Å². The molecule has 7 nitrogen and oxygen atoms in total. The van der Waals surface area contributed by atoms with Crippen molar-refractivity contribution >= 4 is 5.91 Å². The summed E-state index contributed by atoms with van der Waals surface area (Å²) in [5, 5.41) is 8.56. The Bertz CT molecular complexity index is 886. The first-order chi connectivity index (χ1) is 11.6. The van der Waals surface area contributed by atoms with Crippen LogP contribution in [-0.4, -0.2) is 21.1 Å². The van der Waals surface area contributed by atoms with Crippen LogP contribution in [0, 0.1) is 0 Å². The van der Waals surface area contributed by atoms with Gasteiger partial charge in [0, 0.05) is 5.56 Å². The number of ether oxygens (including phenoxy) is 1. The lowest BCUT2D eigenvalue weighted by molar-refractivity contribution is 0.0929. The number of hydrogen-bond donors (Lipinski definition) is 3. The fraction of sp³-hybridized carbons (Fsp3) is 0.118. The maximum Gasteiger partial charge on any atom is 0.341 e. The summed E-state index contributed by atoms with van der Waals surface area (Å²) in [7, 11) is 0. The van der Waals surface area contributed by atoms with Crippen molar-refractivity contribution in [3.05, 3.63) is 76.5 Å².